The van der Waals surface area contributed by atoms with Gasteiger partial charge in [-0.15, -0.1) is 0 Å². The molecule has 0 radical (unpaired) electrons. The third-order valence-electron chi connectivity index (χ3n) is 5.61. The predicted molar refractivity (Wildman–Crippen MR) is 112 cm³/mol. The molecule has 0 unspecified atom stereocenters. The minimum absolute atomic E-state index is 0.175. The van der Waals surface area contributed by atoms with E-state index >= 15 is 0 Å². The van der Waals surface area contributed by atoms with Crippen LogP contribution >= 0.6 is 0 Å². The fourth-order valence-corrected chi connectivity index (χ4v) is 4.98. The Morgan fingerprint density at radius 1 is 1.11 bits per heavy atom. The summed E-state index contributed by atoms with van der Waals surface area (Å²) in [6.07, 6.45) is 2.02. The molecule has 1 heterocycles. The van der Waals surface area contributed by atoms with Crippen molar-refractivity contribution in [1.29, 1.82) is 0 Å². The van der Waals surface area contributed by atoms with Crippen LogP contribution < -0.4 is 4.72 Å². The normalized spacial score (nSPS) is 22.1. The third kappa shape index (κ3) is 5.20. The number of likely N-dealkylation sites (tertiary alicyclic amines) is 1. The minimum Gasteiger partial charge on any atom is -0.396 e. The molecule has 0 aliphatic carbocycles. The molecule has 2 N–H and O–H groups in total. The van der Waals surface area contributed by atoms with E-state index in [0.29, 0.717) is 12.6 Å². The molecule has 28 heavy (non-hydrogen) atoms. The summed E-state index contributed by atoms with van der Waals surface area (Å²) >= 11 is 0. The Morgan fingerprint density at radius 3 is 2.43 bits per heavy atom. The van der Waals surface area contributed by atoms with Gasteiger partial charge in [-0.3, -0.25) is 4.90 Å². The number of hydrogen-bond acceptors (Lipinski definition) is 4. The Labute approximate surface area is 168 Å². The fraction of sp³-hybridized carbons (Fsp3) is 0.455. The highest BCUT2D eigenvalue weighted by atomic mass is 32.2. The molecule has 1 fully saturated rings. The lowest BCUT2D eigenvalue weighted by Crippen LogP contribution is -2.47. The number of aliphatic hydroxyl groups is 1. The zero-order chi connectivity index (χ0) is 20.1. The molecular formula is C22H30N2O3S. The summed E-state index contributed by atoms with van der Waals surface area (Å²) in [4.78, 5) is 2.57. The Kier molecular flexibility index (Phi) is 6.88. The summed E-state index contributed by atoms with van der Waals surface area (Å²) in [6, 6.07) is 16.6. The second-order valence-corrected chi connectivity index (χ2v) is 9.54. The van der Waals surface area contributed by atoms with Crippen molar-refractivity contribution in [3.8, 4) is 0 Å². The summed E-state index contributed by atoms with van der Waals surface area (Å²) in [5, 5.41) is 9.57. The van der Waals surface area contributed by atoms with Gasteiger partial charge in [-0.25, -0.2) is 13.1 Å². The fourth-order valence-electron chi connectivity index (χ4n) is 3.77. The number of rotatable bonds is 7. The van der Waals surface area contributed by atoms with Crippen molar-refractivity contribution in [1.82, 2.24) is 9.62 Å². The zero-order valence-electron chi connectivity index (χ0n) is 16.6. The SMILES string of the molecule is Cc1ccc(S(=O)(=O)N[C@H](CN2C[C@H](CO)CC[C@@H]2C)c2ccccc2)cc1. The topological polar surface area (TPSA) is 69.6 Å². The zero-order valence-corrected chi connectivity index (χ0v) is 17.4. The molecule has 6 heteroatoms. The smallest absolute Gasteiger partial charge is 0.241 e. The van der Waals surface area contributed by atoms with Crippen LogP contribution in [0.3, 0.4) is 0 Å². The Balaban J connectivity index is 1.84. The first-order chi connectivity index (χ1) is 13.4. The number of hydrogen-bond donors (Lipinski definition) is 2. The minimum atomic E-state index is -3.64. The third-order valence-corrected chi connectivity index (χ3v) is 7.10. The van der Waals surface area contributed by atoms with Crippen molar-refractivity contribution in [3.05, 3.63) is 65.7 Å². The summed E-state index contributed by atoms with van der Waals surface area (Å²) < 4.78 is 28.9. The maximum Gasteiger partial charge on any atom is 0.241 e. The first-order valence-electron chi connectivity index (χ1n) is 9.88. The molecule has 1 aliphatic heterocycles. The number of nitrogens with one attached hydrogen (secondary N) is 1. The van der Waals surface area contributed by atoms with Crippen molar-refractivity contribution >= 4 is 10.0 Å². The van der Waals surface area contributed by atoms with Crippen molar-refractivity contribution in [3.63, 3.8) is 0 Å². The predicted octanol–water partition coefficient (Wildman–Crippen LogP) is 3.11. The quantitative estimate of drug-likeness (QED) is 0.747. The van der Waals surface area contributed by atoms with Crippen LogP contribution in [0.2, 0.25) is 0 Å². The molecule has 1 saturated heterocycles. The molecule has 2 aromatic carbocycles. The van der Waals surface area contributed by atoms with Gasteiger partial charge in [0.15, 0.2) is 0 Å². The molecule has 0 bridgehead atoms. The van der Waals surface area contributed by atoms with Gasteiger partial charge in [0.2, 0.25) is 10.0 Å². The van der Waals surface area contributed by atoms with Gasteiger partial charge in [0, 0.05) is 25.7 Å². The van der Waals surface area contributed by atoms with E-state index in [1.165, 1.54) is 0 Å². The van der Waals surface area contributed by atoms with Crippen LogP contribution in [0.4, 0.5) is 0 Å². The van der Waals surface area contributed by atoms with Crippen molar-refractivity contribution in [2.75, 3.05) is 19.7 Å². The van der Waals surface area contributed by atoms with E-state index < -0.39 is 10.0 Å². The molecule has 1 aliphatic rings. The molecular weight excluding hydrogens is 372 g/mol. The highest BCUT2D eigenvalue weighted by molar-refractivity contribution is 7.89. The standard InChI is InChI=1S/C22H30N2O3S/c1-17-8-12-21(13-9-17)28(26,27)23-22(20-6-4-3-5-7-20)15-24-14-19(16-25)11-10-18(24)2/h3-9,12-13,18-19,22-23,25H,10-11,14-16H2,1-2H3/t18-,19+,22+/m0/s1. The largest absolute Gasteiger partial charge is 0.396 e. The highest BCUT2D eigenvalue weighted by Gasteiger charge is 2.29. The average molecular weight is 403 g/mol. The number of benzene rings is 2. The van der Waals surface area contributed by atoms with Gasteiger partial charge in [0.25, 0.3) is 0 Å². The lowest BCUT2D eigenvalue weighted by Gasteiger charge is -2.39. The Morgan fingerprint density at radius 2 is 1.79 bits per heavy atom. The molecule has 5 nitrogen and oxygen atoms in total. The van der Waals surface area contributed by atoms with Crippen LogP contribution in [-0.4, -0.2) is 44.2 Å². The van der Waals surface area contributed by atoms with Crippen LogP contribution in [0.1, 0.15) is 36.9 Å². The molecule has 0 spiro atoms. The van der Waals surface area contributed by atoms with E-state index in [1.54, 1.807) is 12.1 Å². The van der Waals surface area contributed by atoms with E-state index in [2.05, 4.69) is 16.5 Å². The summed E-state index contributed by atoms with van der Waals surface area (Å²) in [5.41, 5.74) is 1.97. The van der Waals surface area contributed by atoms with Crippen LogP contribution in [0, 0.1) is 12.8 Å². The molecule has 3 atom stereocenters. The molecule has 2 aromatic rings. The highest BCUT2D eigenvalue weighted by Crippen LogP contribution is 2.26. The van der Waals surface area contributed by atoms with E-state index in [-0.39, 0.29) is 23.5 Å². The Bertz CT molecular complexity index is 853. The van der Waals surface area contributed by atoms with Crippen LogP contribution in [0.5, 0.6) is 0 Å². The van der Waals surface area contributed by atoms with Gasteiger partial charge in [0.05, 0.1) is 10.9 Å². The van der Waals surface area contributed by atoms with Gasteiger partial charge in [-0.2, -0.15) is 0 Å². The Hall–Kier alpha value is -1.73. The van der Waals surface area contributed by atoms with E-state index in [4.69, 9.17) is 0 Å². The van der Waals surface area contributed by atoms with Gasteiger partial charge in [0.1, 0.15) is 0 Å². The molecule has 3 rings (SSSR count). The lowest BCUT2D eigenvalue weighted by atomic mass is 9.93. The van der Waals surface area contributed by atoms with E-state index in [1.807, 2.05) is 49.4 Å². The first-order valence-corrected chi connectivity index (χ1v) is 11.4. The summed E-state index contributed by atoms with van der Waals surface area (Å²) in [7, 11) is -3.64. The number of piperidine rings is 1. The maximum absolute atomic E-state index is 13.0. The number of sulfonamides is 1. The number of aliphatic hydroxyl groups excluding tert-OH is 1. The molecule has 0 amide bonds. The molecule has 0 aromatic heterocycles. The lowest BCUT2D eigenvalue weighted by molar-refractivity contribution is 0.0767. The summed E-state index contributed by atoms with van der Waals surface area (Å²) in [6.45, 7) is 5.64. The monoisotopic (exact) mass is 402 g/mol. The van der Waals surface area contributed by atoms with Gasteiger partial charge >= 0.3 is 0 Å². The van der Waals surface area contributed by atoms with E-state index in [0.717, 1.165) is 30.5 Å². The first kappa shape index (κ1) is 21.0. The van der Waals surface area contributed by atoms with Crippen molar-refractivity contribution < 1.29 is 13.5 Å². The van der Waals surface area contributed by atoms with Crippen molar-refractivity contribution in [2.24, 2.45) is 5.92 Å². The average Bonchev–Trinajstić information content (AvgIpc) is 2.70. The van der Waals surface area contributed by atoms with Gasteiger partial charge < -0.3 is 5.11 Å². The molecule has 152 valence electrons. The molecule has 0 saturated carbocycles. The van der Waals surface area contributed by atoms with Crippen molar-refractivity contribution in [2.45, 2.75) is 43.7 Å². The number of nitrogens with zero attached hydrogens (tertiary/aromatic N) is 1. The van der Waals surface area contributed by atoms with Crippen LogP contribution in [0.25, 0.3) is 0 Å². The van der Waals surface area contributed by atoms with Crippen LogP contribution in [0.15, 0.2) is 59.5 Å². The van der Waals surface area contributed by atoms with Gasteiger partial charge in [-0.1, -0.05) is 48.0 Å². The number of aryl methyl sites for hydroxylation is 1. The van der Waals surface area contributed by atoms with E-state index in [9.17, 15) is 13.5 Å². The van der Waals surface area contributed by atoms with Gasteiger partial charge in [-0.05, 0) is 50.3 Å². The second kappa shape index (κ2) is 9.18. The summed E-state index contributed by atoms with van der Waals surface area (Å²) in [5.74, 6) is 0.251. The van der Waals surface area contributed by atoms with Crippen LogP contribution in [-0.2, 0) is 10.0 Å². The second-order valence-electron chi connectivity index (χ2n) is 7.83. The maximum atomic E-state index is 13.0.